The van der Waals surface area contributed by atoms with Crippen LogP contribution in [-0.2, 0) is 19.0 Å². The van der Waals surface area contributed by atoms with Crippen LogP contribution < -0.4 is 0 Å². The smallest absolute Gasteiger partial charge is 0.386 e. The Morgan fingerprint density at radius 2 is 1.50 bits per heavy atom. The monoisotopic (exact) mass is 294 g/mol. The number of carbonyl (C=O) groups is 1. The highest BCUT2D eigenvalue weighted by Crippen LogP contribution is 2.77. The zero-order chi connectivity index (χ0) is 13.8. The van der Waals surface area contributed by atoms with Crippen LogP contribution in [-0.4, -0.2) is 25.5 Å². The van der Waals surface area contributed by atoms with E-state index in [9.17, 15) is 33.5 Å². The van der Waals surface area contributed by atoms with Crippen molar-refractivity contribution in [1.82, 2.24) is 0 Å². The molecule has 2 rings (SSSR count). The summed E-state index contributed by atoms with van der Waals surface area (Å²) in [7, 11) is -10.9. The minimum atomic E-state index is -5.44. The first-order valence-electron chi connectivity index (χ1n) is 4.55. The molecule has 1 aromatic rings. The van der Waals surface area contributed by atoms with Crippen LogP contribution in [0.2, 0.25) is 0 Å². The molecule has 0 aliphatic carbocycles. The molecule has 1 aliphatic heterocycles. The molecule has 1 aromatic carbocycles. The summed E-state index contributed by atoms with van der Waals surface area (Å²) in [6.07, 6.45) is 0. The number of esters is 1. The predicted molar refractivity (Wildman–Crippen MR) is 57.6 cm³/mol. The topological polar surface area (TPSA) is 141 Å². The van der Waals surface area contributed by atoms with E-state index in [1.54, 1.807) is 0 Å². The van der Waals surface area contributed by atoms with E-state index in [1.807, 2.05) is 0 Å². The van der Waals surface area contributed by atoms with Crippen molar-refractivity contribution in [3.05, 3.63) is 35.4 Å². The lowest BCUT2D eigenvalue weighted by Crippen LogP contribution is -2.26. The molecule has 0 amide bonds. The first-order valence-corrected chi connectivity index (χ1v) is 7.78. The van der Waals surface area contributed by atoms with Crippen molar-refractivity contribution in [2.75, 3.05) is 0 Å². The van der Waals surface area contributed by atoms with Crippen LogP contribution in [0.5, 0.6) is 0 Å². The maximum Gasteiger partial charge on any atom is 0.386 e. The van der Waals surface area contributed by atoms with Crippen LogP contribution in [0, 0.1) is 0 Å². The Kier molecular flexibility index (Phi) is 2.79. The highest BCUT2D eigenvalue weighted by molar-refractivity contribution is 7.71. The molecule has 0 spiro atoms. The van der Waals surface area contributed by atoms with Gasteiger partial charge in [0.1, 0.15) is 0 Å². The molecule has 1 aliphatic rings. The highest BCUT2D eigenvalue weighted by atomic mass is 31.2. The van der Waals surface area contributed by atoms with Crippen LogP contribution in [0.4, 0.5) is 0 Å². The van der Waals surface area contributed by atoms with Crippen molar-refractivity contribution < 1.29 is 38.2 Å². The molecule has 0 unspecified atom stereocenters. The fraction of sp³-hybridized carbons (Fsp3) is 0.125. The van der Waals surface area contributed by atoms with Crippen LogP contribution >= 0.6 is 15.2 Å². The second-order valence-corrected chi connectivity index (χ2v) is 7.42. The van der Waals surface area contributed by atoms with Gasteiger partial charge in [0.25, 0.3) is 0 Å². The van der Waals surface area contributed by atoms with E-state index in [2.05, 4.69) is 4.74 Å². The third-order valence-corrected chi connectivity index (χ3v) is 6.33. The van der Waals surface area contributed by atoms with Crippen LogP contribution in [0.25, 0.3) is 0 Å². The number of hydrogen-bond acceptors (Lipinski definition) is 4. The summed E-state index contributed by atoms with van der Waals surface area (Å²) < 4.78 is 27.3. The Labute approximate surface area is 101 Å². The van der Waals surface area contributed by atoms with Gasteiger partial charge in [-0.1, -0.05) is 18.2 Å². The summed E-state index contributed by atoms with van der Waals surface area (Å²) in [5.74, 6) is -1.18. The molecule has 0 radical (unpaired) electrons. The summed E-state index contributed by atoms with van der Waals surface area (Å²) in [5.41, 5.74) is -0.777. The zero-order valence-corrected chi connectivity index (χ0v) is 10.4. The fourth-order valence-electron chi connectivity index (χ4n) is 1.79. The van der Waals surface area contributed by atoms with E-state index in [0.717, 1.165) is 6.07 Å². The molecular formula is C8H8O8P2. The van der Waals surface area contributed by atoms with E-state index < -0.39 is 31.8 Å². The minimum absolute atomic E-state index is 0.274. The summed E-state index contributed by atoms with van der Waals surface area (Å²) in [5, 5.41) is -3.24. The summed E-state index contributed by atoms with van der Waals surface area (Å²) in [6.45, 7) is 0. The van der Waals surface area contributed by atoms with E-state index >= 15 is 0 Å². The predicted octanol–water partition coefficient (Wildman–Crippen LogP) is 0.323. The molecule has 0 saturated carbocycles. The van der Waals surface area contributed by atoms with Gasteiger partial charge in [0, 0.05) is 5.56 Å². The van der Waals surface area contributed by atoms with Crippen molar-refractivity contribution in [1.29, 1.82) is 0 Å². The first kappa shape index (κ1) is 13.4. The molecule has 0 atom stereocenters. The van der Waals surface area contributed by atoms with E-state index in [4.69, 9.17) is 0 Å². The van der Waals surface area contributed by atoms with Crippen molar-refractivity contribution in [2.24, 2.45) is 0 Å². The summed E-state index contributed by atoms with van der Waals surface area (Å²) in [6, 6.07) is 4.89. The average Bonchev–Trinajstić information content (AvgIpc) is 2.52. The standard InChI is InChI=1S/C8H8O8P2/c9-7-5-3-1-2-4-6(5)8(16-7,17(10,11)12)18(13,14)15/h1-4H,(H2,10,11,12)(H2,13,14,15). The third kappa shape index (κ3) is 1.59. The van der Waals surface area contributed by atoms with Gasteiger partial charge in [-0.05, 0) is 6.07 Å². The Morgan fingerprint density at radius 1 is 1.00 bits per heavy atom. The van der Waals surface area contributed by atoms with Crippen LogP contribution in [0.1, 0.15) is 15.9 Å². The van der Waals surface area contributed by atoms with E-state index in [1.165, 1.54) is 18.2 Å². The molecule has 10 heteroatoms. The number of carbonyl (C=O) groups excluding carboxylic acids is 1. The number of ether oxygens (including phenoxy) is 1. The van der Waals surface area contributed by atoms with Crippen molar-refractivity contribution in [3.63, 3.8) is 0 Å². The Bertz CT molecular complexity index is 589. The lowest BCUT2D eigenvalue weighted by Gasteiger charge is -2.29. The van der Waals surface area contributed by atoms with Crippen molar-refractivity contribution in [2.45, 2.75) is 5.08 Å². The van der Waals surface area contributed by atoms with Crippen LogP contribution in [0.3, 0.4) is 0 Å². The SMILES string of the molecule is O=C1OC(P(=O)(O)O)(P(=O)(O)O)c2ccccc21. The fourth-order valence-corrected chi connectivity index (χ4v) is 4.57. The van der Waals surface area contributed by atoms with Gasteiger partial charge in [0.2, 0.25) is 0 Å². The first-order chi connectivity index (χ1) is 8.11. The number of rotatable bonds is 2. The normalized spacial score (nSPS) is 18.3. The van der Waals surface area contributed by atoms with Crippen molar-refractivity contribution in [3.8, 4) is 0 Å². The van der Waals surface area contributed by atoms with E-state index in [0.29, 0.717) is 0 Å². The lowest BCUT2D eigenvalue weighted by atomic mass is 10.1. The highest BCUT2D eigenvalue weighted by Gasteiger charge is 2.69. The quantitative estimate of drug-likeness (QED) is 0.451. The maximum atomic E-state index is 11.5. The van der Waals surface area contributed by atoms with Gasteiger partial charge in [-0.2, -0.15) is 0 Å². The van der Waals surface area contributed by atoms with Gasteiger partial charge in [-0.3, -0.25) is 9.13 Å². The number of fused-ring (bicyclic) bond motifs is 1. The van der Waals surface area contributed by atoms with Gasteiger partial charge in [0.15, 0.2) is 0 Å². The number of hydrogen-bond donors (Lipinski definition) is 4. The molecule has 0 bridgehead atoms. The molecule has 98 valence electrons. The van der Waals surface area contributed by atoms with Gasteiger partial charge in [-0.25, -0.2) is 4.79 Å². The average molecular weight is 294 g/mol. The maximum absolute atomic E-state index is 11.5. The Morgan fingerprint density at radius 3 is 2.00 bits per heavy atom. The minimum Gasteiger partial charge on any atom is -0.424 e. The van der Waals surface area contributed by atoms with Crippen molar-refractivity contribution >= 4 is 21.2 Å². The Hall–Kier alpha value is -1.01. The Balaban J connectivity index is 2.87. The number of cyclic esters (lactones) is 1. The molecule has 1 heterocycles. The number of benzene rings is 1. The second-order valence-electron chi connectivity index (χ2n) is 3.63. The molecule has 0 saturated heterocycles. The molecule has 8 nitrogen and oxygen atoms in total. The van der Waals surface area contributed by atoms with Gasteiger partial charge >= 0.3 is 26.2 Å². The molecule has 18 heavy (non-hydrogen) atoms. The van der Waals surface area contributed by atoms with Gasteiger partial charge in [-0.15, -0.1) is 0 Å². The van der Waals surface area contributed by atoms with E-state index in [-0.39, 0.29) is 5.56 Å². The van der Waals surface area contributed by atoms with Crippen LogP contribution in [0.15, 0.2) is 24.3 Å². The zero-order valence-electron chi connectivity index (χ0n) is 8.63. The third-order valence-electron chi connectivity index (χ3n) is 2.52. The summed E-state index contributed by atoms with van der Waals surface area (Å²) >= 11 is 0. The molecular weight excluding hydrogens is 286 g/mol. The second kappa shape index (κ2) is 3.74. The molecule has 4 N–H and O–H groups in total. The largest absolute Gasteiger partial charge is 0.424 e. The van der Waals surface area contributed by atoms with Gasteiger partial charge < -0.3 is 24.3 Å². The molecule has 0 fully saturated rings. The molecule has 0 aromatic heterocycles. The lowest BCUT2D eigenvalue weighted by molar-refractivity contribution is 0.0323. The van der Waals surface area contributed by atoms with Gasteiger partial charge in [0.05, 0.1) is 5.56 Å². The summed E-state index contributed by atoms with van der Waals surface area (Å²) in [4.78, 5) is 48.3.